The number of fused-ring (bicyclic) bond motifs is 1. The Hall–Kier alpha value is -1.57. The first-order valence-electron chi connectivity index (χ1n) is 5.94. The van der Waals surface area contributed by atoms with Gasteiger partial charge in [-0.25, -0.2) is 4.68 Å². The molecule has 0 aromatic carbocycles. The number of nitrogens with zero attached hydrogens (tertiary/aromatic N) is 3. The lowest BCUT2D eigenvalue weighted by atomic mass is 9.99. The molecular formula is C12H10BrF3N4. The number of pyridine rings is 1. The predicted octanol–water partition coefficient (Wildman–Crippen LogP) is 3.27. The molecule has 1 atom stereocenters. The van der Waals surface area contributed by atoms with Gasteiger partial charge >= 0.3 is 6.18 Å². The van der Waals surface area contributed by atoms with Crippen molar-refractivity contribution >= 4 is 21.7 Å². The van der Waals surface area contributed by atoms with E-state index in [0.29, 0.717) is 18.9 Å². The Morgan fingerprint density at radius 1 is 1.30 bits per heavy atom. The van der Waals surface area contributed by atoms with Gasteiger partial charge < -0.3 is 5.32 Å². The molecular weight excluding hydrogens is 337 g/mol. The summed E-state index contributed by atoms with van der Waals surface area (Å²) in [6.45, 7) is 0.965. The zero-order valence-corrected chi connectivity index (χ0v) is 11.7. The molecule has 0 saturated heterocycles. The first-order chi connectivity index (χ1) is 9.47. The zero-order valence-electron chi connectivity index (χ0n) is 10.2. The van der Waals surface area contributed by atoms with Crippen molar-refractivity contribution in [2.24, 2.45) is 0 Å². The van der Waals surface area contributed by atoms with Crippen LogP contribution in [0.25, 0.3) is 0 Å². The van der Waals surface area contributed by atoms with Crippen LogP contribution in [0.3, 0.4) is 0 Å². The van der Waals surface area contributed by atoms with Crippen LogP contribution in [-0.4, -0.2) is 21.3 Å². The summed E-state index contributed by atoms with van der Waals surface area (Å²) < 4.78 is 39.8. The lowest BCUT2D eigenvalue weighted by Crippen LogP contribution is -2.26. The quantitative estimate of drug-likeness (QED) is 0.861. The molecule has 0 fully saturated rings. The van der Waals surface area contributed by atoms with E-state index in [0.717, 1.165) is 5.56 Å². The largest absolute Gasteiger partial charge is 0.436 e. The van der Waals surface area contributed by atoms with E-state index in [1.165, 1.54) is 4.68 Å². The highest BCUT2D eigenvalue weighted by molar-refractivity contribution is 9.10. The molecule has 4 nitrogen and oxygen atoms in total. The van der Waals surface area contributed by atoms with Crippen molar-refractivity contribution in [1.82, 2.24) is 14.8 Å². The van der Waals surface area contributed by atoms with E-state index in [4.69, 9.17) is 0 Å². The Balaban J connectivity index is 1.93. The normalized spacial score (nSPS) is 18.5. The van der Waals surface area contributed by atoms with Crippen LogP contribution in [0.2, 0.25) is 0 Å². The van der Waals surface area contributed by atoms with Gasteiger partial charge in [0.25, 0.3) is 0 Å². The third-order valence-corrected chi connectivity index (χ3v) is 4.00. The summed E-state index contributed by atoms with van der Waals surface area (Å²) in [5.41, 5.74) is 0.133. The van der Waals surface area contributed by atoms with Crippen molar-refractivity contribution in [1.29, 1.82) is 0 Å². The molecule has 1 N–H and O–H groups in total. The van der Waals surface area contributed by atoms with E-state index in [-0.39, 0.29) is 10.4 Å². The number of hydrogen-bond donors (Lipinski definition) is 1. The lowest BCUT2D eigenvalue weighted by Gasteiger charge is -2.25. The zero-order chi connectivity index (χ0) is 14.3. The molecule has 0 radical (unpaired) electrons. The van der Waals surface area contributed by atoms with Gasteiger partial charge in [-0.15, -0.1) is 0 Å². The molecule has 0 bridgehead atoms. The Bertz CT molecular complexity index is 624. The maximum absolute atomic E-state index is 12.8. The third kappa shape index (κ3) is 2.28. The van der Waals surface area contributed by atoms with Crippen LogP contribution in [-0.2, 0) is 12.7 Å². The summed E-state index contributed by atoms with van der Waals surface area (Å²) in [5.74, 6) is 0.445. The van der Waals surface area contributed by atoms with Crippen molar-refractivity contribution < 1.29 is 13.2 Å². The van der Waals surface area contributed by atoms with Crippen LogP contribution in [0.4, 0.5) is 19.0 Å². The first kappa shape index (κ1) is 13.4. The summed E-state index contributed by atoms with van der Waals surface area (Å²) in [6.07, 6.45) is -1.12. The van der Waals surface area contributed by atoms with Gasteiger partial charge in [-0.1, -0.05) is 0 Å². The van der Waals surface area contributed by atoms with Gasteiger partial charge in [0.2, 0.25) is 0 Å². The van der Waals surface area contributed by atoms with E-state index in [2.05, 4.69) is 31.3 Å². The molecule has 3 rings (SSSR count). The minimum Gasteiger partial charge on any atom is -0.369 e. The van der Waals surface area contributed by atoms with Gasteiger partial charge in [0, 0.05) is 24.9 Å². The summed E-state index contributed by atoms with van der Waals surface area (Å²) in [6, 6.07) is 3.72. The SMILES string of the molecule is FC(F)(F)c1nn2c(c1Br)NCC(c1ccncc1)C2. The second-order valence-electron chi connectivity index (χ2n) is 4.55. The molecule has 0 aliphatic carbocycles. The van der Waals surface area contributed by atoms with Gasteiger partial charge in [0.15, 0.2) is 5.69 Å². The minimum absolute atomic E-state index is 0.0295. The average Bonchev–Trinajstić information content (AvgIpc) is 2.77. The van der Waals surface area contributed by atoms with Crippen LogP contribution < -0.4 is 5.32 Å². The Morgan fingerprint density at radius 2 is 2.00 bits per heavy atom. The second kappa shape index (κ2) is 4.76. The Kier molecular flexibility index (Phi) is 3.19. The number of alkyl halides is 3. The lowest BCUT2D eigenvalue weighted by molar-refractivity contribution is -0.142. The van der Waals surface area contributed by atoms with Crippen LogP contribution in [0.5, 0.6) is 0 Å². The molecule has 2 aromatic rings. The second-order valence-corrected chi connectivity index (χ2v) is 5.34. The van der Waals surface area contributed by atoms with Crippen molar-refractivity contribution in [3.63, 3.8) is 0 Å². The molecule has 106 valence electrons. The number of aromatic nitrogens is 3. The van der Waals surface area contributed by atoms with E-state index >= 15 is 0 Å². The van der Waals surface area contributed by atoms with E-state index in [1.54, 1.807) is 12.4 Å². The fourth-order valence-electron chi connectivity index (χ4n) is 2.27. The number of anilines is 1. The van der Waals surface area contributed by atoms with Crippen LogP contribution in [0.15, 0.2) is 29.0 Å². The number of halogens is 4. The van der Waals surface area contributed by atoms with Crippen LogP contribution in [0.1, 0.15) is 17.2 Å². The van der Waals surface area contributed by atoms with Gasteiger partial charge in [0.05, 0.1) is 11.0 Å². The van der Waals surface area contributed by atoms with Crippen molar-refractivity contribution in [2.45, 2.75) is 18.6 Å². The topological polar surface area (TPSA) is 42.7 Å². The standard InChI is InChI=1S/C12H10BrF3N4/c13-9-10(12(14,15)16)19-20-6-8(5-18-11(9)20)7-1-3-17-4-2-7/h1-4,8,18H,5-6H2. The number of rotatable bonds is 1. The fourth-order valence-corrected chi connectivity index (χ4v) is 2.92. The highest BCUT2D eigenvalue weighted by atomic mass is 79.9. The fraction of sp³-hybridized carbons (Fsp3) is 0.333. The third-order valence-electron chi connectivity index (χ3n) is 3.25. The van der Waals surface area contributed by atoms with Crippen molar-refractivity contribution in [3.8, 4) is 0 Å². The summed E-state index contributed by atoms with van der Waals surface area (Å²) in [7, 11) is 0. The van der Waals surface area contributed by atoms with Gasteiger partial charge in [-0.3, -0.25) is 4.98 Å². The highest BCUT2D eigenvalue weighted by Gasteiger charge is 2.39. The molecule has 1 aliphatic rings. The van der Waals surface area contributed by atoms with E-state index in [9.17, 15) is 13.2 Å². The van der Waals surface area contributed by atoms with Gasteiger partial charge in [-0.05, 0) is 33.6 Å². The molecule has 20 heavy (non-hydrogen) atoms. The Morgan fingerprint density at radius 3 is 2.65 bits per heavy atom. The number of nitrogens with one attached hydrogen (secondary N) is 1. The molecule has 0 amide bonds. The molecule has 8 heteroatoms. The molecule has 3 heterocycles. The van der Waals surface area contributed by atoms with Crippen molar-refractivity contribution in [3.05, 3.63) is 40.3 Å². The molecule has 0 saturated carbocycles. The highest BCUT2D eigenvalue weighted by Crippen LogP contribution is 2.40. The molecule has 0 spiro atoms. The average molecular weight is 347 g/mol. The molecule has 2 aromatic heterocycles. The minimum atomic E-state index is -4.46. The van der Waals surface area contributed by atoms with Crippen LogP contribution in [0, 0.1) is 0 Å². The van der Waals surface area contributed by atoms with Gasteiger partial charge in [-0.2, -0.15) is 18.3 Å². The maximum atomic E-state index is 12.8. The maximum Gasteiger partial charge on any atom is 0.436 e. The smallest absolute Gasteiger partial charge is 0.369 e. The van der Waals surface area contributed by atoms with Crippen LogP contribution >= 0.6 is 15.9 Å². The number of hydrogen-bond acceptors (Lipinski definition) is 3. The predicted molar refractivity (Wildman–Crippen MR) is 70.4 cm³/mol. The molecule has 1 unspecified atom stereocenters. The van der Waals surface area contributed by atoms with Crippen molar-refractivity contribution in [2.75, 3.05) is 11.9 Å². The summed E-state index contributed by atoms with van der Waals surface area (Å²) in [4.78, 5) is 3.94. The van der Waals surface area contributed by atoms with E-state index in [1.807, 2.05) is 12.1 Å². The molecule has 1 aliphatic heterocycles. The van der Waals surface area contributed by atoms with E-state index < -0.39 is 11.9 Å². The summed E-state index contributed by atoms with van der Waals surface area (Å²) in [5, 5.41) is 6.67. The first-order valence-corrected chi connectivity index (χ1v) is 6.73. The Labute approximate surface area is 121 Å². The monoisotopic (exact) mass is 346 g/mol. The van der Waals surface area contributed by atoms with Gasteiger partial charge in [0.1, 0.15) is 5.82 Å². The summed E-state index contributed by atoms with van der Waals surface area (Å²) >= 11 is 2.97.